The molecule has 0 spiro atoms. The van der Waals surface area contributed by atoms with Crippen LogP contribution in [0.3, 0.4) is 0 Å². The first-order valence-corrected chi connectivity index (χ1v) is 5.85. The molecule has 2 aromatic rings. The van der Waals surface area contributed by atoms with E-state index in [1.807, 2.05) is 50.4 Å². The summed E-state index contributed by atoms with van der Waals surface area (Å²) < 4.78 is 0. The van der Waals surface area contributed by atoms with Crippen LogP contribution in [-0.4, -0.2) is 4.98 Å². The van der Waals surface area contributed by atoms with Crippen LogP contribution in [0.25, 0.3) is 0 Å². The van der Waals surface area contributed by atoms with E-state index in [1.165, 1.54) is 0 Å². The van der Waals surface area contributed by atoms with Gasteiger partial charge in [-0.25, -0.2) is 0 Å². The molecule has 0 radical (unpaired) electrons. The Labute approximate surface area is 106 Å². The van der Waals surface area contributed by atoms with Crippen molar-refractivity contribution in [1.82, 2.24) is 4.98 Å². The number of nitrogens with two attached hydrogens (primary N) is 1. The molecular formula is C14H15ClN2. The molecule has 0 aliphatic heterocycles. The molecule has 0 aliphatic rings. The number of benzene rings is 1. The third-order valence-corrected chi connectivity index (χ3v) is 3.29. The van der Waals surface area contributed by atoms with Crippen LogP contribution in [0.5, 0.6) is 0 Å². The highest BCUT2D eigenvalue weighted by Crippen LogP contribution is 2.28. The van der Waals surface area contributed by atoms with Crippen LogP contribution in [0.2, 0.25) is 5.02 Å². The van der Waals surface area contributed by atoms with Gasteiger partial charge in [-0.2, -0.15) is 0 Å². The van der Waals surface area contributed by atoms with Gasteiger partial charge in [0.1, 0.15) is 0 Å². The summed E-state index contributed by atoms with van der Waals surface area (Å²) in [5.74, 6) is 0. The average Bonchev–Trinajstić information content (AvgIpc) is 2.30. The second-order valence-corrected chi connectivity index (χ2v) is 4.84. The number of pyridine rings is 1. The van der Waals surface area contributed by atoms with Gasteiger partial charge < -0.3 is 5.73 Å². The van der Waals surface area contributed by atoms with Crippen LogP contribution in [0.15, 0.2) is 42.7 Å². The van der Waals surface area contributed by atoms with Crippen molar-refractivity contribution in [3.63, 3.8) is 0 Å². The summed E-state index contributed by atoms with van der Waals surface area (Å²) in [5, 5.41) is 0.715. The molecular weight excluding hydrogens is 232 g/mol. The number of rotatable bonds is 2. The smallest absolute Gasteiger partial charge is 0.0654 e. The Morgan fingerprint density at radius 2 is 1.82 bits per heavy atom. The van der Waals surface area contributed by atoms with E-state index in [0.29, 0.717) is 5.02 Å². The van der Waals surface area contributed by atoms with Crippen molar-refractivity contribution in [2.24, 2.45) is 5.73 Å². The molecule has 3 heteroatoms. The van der Waals surface area contributed by atoms with Crippen LogP contribution in [0.4, 0.5) is 0 Å². The first-order chi connectivity index (χ1) is 8.01. The molecule has 2 nitrogen and oxygen atoms in total. The normalized spacial score (nSPS) is 14.4. The van der Waals surface area contributed by atoms with Crippen molar-refractivity contribution in [1.29, 1.82) is 0 Å². The van der Waals surface area contributed by atoms with Gasteiger partial charge in [0.25, 0.3) is 0 Å². The maximum atomic E-state index is 6.43. The van der Waals surface area contributed by atoms with Gasteiger partial charge in [-0.3, -0.25) is 4.98 Å². The molecule has 0 saturated carbocycles. The molecule has 1 aromatic heterocycles. The Morgan fingerprint density at radius 1 is 1.18 bits per heavy atom. The largest absolute Gasteiger partial charge is 0.318 e. The molecule has 0 saturated heterocycles. The minimum absolute atomic E-state index is 0.553. The fourth-order valence-corrected chi connectivity index (χ4v) is 2.09. The Bertz CT molecular complexity index is 518. The molecule has 88 valence electrons. The molecule has 1 unspecified atom stereocenters. The Balaban J connectivity index is 2.49. The highest BCUT2D eigenvalue weighted by atomic mass is 35.5. The fraction of sp³-hybridized carbons (Fsp3) is 0.214. The Morgan fingerprint density at radius 3 is 2.41 bits per heavy atom. The maximum absolute atomic E-state index is 6.43. The quantitative estimate of drug-likeness (QED) is 0.883. The summed E-state index contributed by atoms with van der Waals surface area (Å²) in [4.78, 5) is 4.15. The predicted molar refractivity (Wildman–Crippen MR) is 71.1 cm³/mol. The van der Waals surface area contributed by atoms with Crippen LogP contribution in [-0.2, 0) is 5.54 Å². The SMILES string of the molecule is Cc1ccncc1C(C)(N)c1ccc(Cl)cc1. The first-order valence-electron chi connectivity index (χ1n) is 5.48. The van der Waals surface area contributed by atoms with Gasteiger partial charge in [0.15, 0.2) is 0 Å². The maximum Gasteiger partial charge on any atom is 0.0654 e. The second kappa shape index (κ2) is 4.47. The zero-order chi connectivity index (χ0) is 12.5. The molecule has 0 bridgehead atoms. The Hall–Kier alpha value is -1.38. The zero-order valence-corrected chi connectivity index (χ0v) is 10.7. The summed E-state index contributed by atoms with van der Waals surface area (Å²) in [6.45, 7) is 4.03. The van der Waals surface area contributed by atoms with E-state index in [2.05, 4.69) is 4.98 Å². The van der Waals surface area contributed by atoms with Crippen LogP contribution >= 0.6 is 11.6 Å². The lowest BCUT2D eigenvalue weighted by atomic mass is 9.84. The van der Waals surface area contributed by atoms with Crippen LogP contribution in [0.1, 0.15) is 23.6 Å². The average molecular weight is 247 g/mol. The standard InChI is InChI=1S/C14H15ClN2/c1-10-7-8-17-9-13(10)14(2,16)11-3-5-12(15)6-4-11/h3-9H,16H2,1-2H3. The topological polar surface area (TPSA) is 38.9 Å². The Kier molecular flexibility index (Phi) is 3.18. The van der Waals surface area contributed by atoms with E-state index in [9.17, 15) is 0 Å². The van der Waals surface area contributed by atoms with Crippen molar-refractivity contribution < 1.29 is 0 Å². The van der Waals surface area contributed by atoms with Crippen LogP contribution < -0.4 is 5.73 Å². The summed E-state index contributed by atoms with van der Waals surface area (Å²) in [7, 11) is 0. The molecule has 17 heavy (non-hydrogen) atoms. The van der Waals surface area contributed by atoms with Crippen LogP contribution in [0, 0.1) is 6.92 Å². The molecule has 2 rings (SSSR count). The van der Waals surface area contributed by atoms with Gasteiger partial charge in [-0.15, -0.1) is 0 Å². The van der Waals surface area contributed by atoms with E-state index in [0.717, 1.165) is 16.7 Å². The van der Waals surface area contributed by atoms with Gasteiger partial charge in [0.2, 0.25) is 0 Å². The lowest BCUT2D eigenvalue weighted by Gasteiger charge is -2.27. The van der Waals surface area contributed by atoms with Gasteiger partial charge >= 0.3 is 0 Å². The van der Waals surface area contributed by atoms with Gasteiger partial charge in [-0.05, 0) is 48.7 Å². The van der Waals surface area contributed by atoms with E-state index in [-0.39, 0.29) is 0 Å². The van der Waals surface area contributed by atoms with Gasteiger partial charge in [0, 0.05) is 17.4 Å². The highest BCUT2D eigenvalue weighted by Gasteiger charge is 2.25. The molecule has 0 amide bonds. The van der Waals surface area contributed by atoms with Gasteiger partial charge in [0.05, 0.1) is 5.54 Å². The number of hydrogen-bond donors (Lipinski definition) is 1. The number of halogens is 1. The summed E-state index contributed by atoms with van der Waals surface area (Å²) >= 11 is 5.89. The molecule has 0 aliphatic carbocycles. The fourth-order valence-electron chi connectivity index (χ4n) is 1.96. The third-order valence-electron chi connectivity index (χ3n) is 3.04. The van der Waals surface area contributed by atoms with Gasteiger partial charge in [-0.1, -0.05) is 23.7 Å². The van der Waals surface area contributed by atoms with Crippen molar-refractivity contribution in [3.05, 3.63) is 64.4 Å². The van der Waals surface area contributed by atoms with Crippen molar-refractivity contribution in [2.45, 2.75) is 19.4 Å². The minimum atomic E-state index is -0.553. The van der Waals surface area contributed by atoms with Crippen molar-refractivity contribution in [2.75, 3.05) is 0 Å². The summed E-state index contributed by atoms with van der Waals surface area (Å²) in [6.07, 6.45) is 3.60. The van der Waals surface area contributed by atoms with Crippen molar-refractivity contribution in [3.8, 4) is 0 Å². The molecule has 2 N–H and O–H groups in total. The molecule has 0 fully saturated rings. The zero-order valence-electron chi connectivity index (χ0n) is 9.94. The summed E-state index contributed by atoms with van der Waals surface area (Å²) in [6, 6.07) is 9.58. The predicted octanol–water partition coefficient (Wildman–Crippen LogP) is 3.27. The lowest BCUT2D eigenvalue weighted by molar-refractivity contribution is 0.596. The number of hydrogen-bond acceptors (Lipinski definition) is 2. The summed E-state index contributed by atoms with van der Waals surface area (Å²) in [5.41, 5.74) is 9.07. The minimum Gasteiger partial charge on any atom is -0.318 e. The number of nitrogens with zero attached hydrogens (tertiary/aromatic N) is 1. The molecule has 1 atom stereocenters. The number of aromatic nitrogens is 1. The van der Waals surface area contributed by atoms with E-state index in [1.54, 1.807) is 6.20 Å². The van der Waals surface area contributed by atoms with E-state index < -0.39 is 5.54 Å². The molecule has 1 heterocycles. The van der Waals surface area contributed by atoms with E-state index in [4.69, 9.17) is 17.3 Å². The monoisotopic (exact) mass is 246 g/mol. The molecule has 1 aromatic carbocycles. The third kappa shape index (κ3) is 2.33. The van der Waals surface area contributed by atoms with Crippen molar-refractivity contribution >= 4 is 11.6 Å². The highest BCUT2D eigenvalue weighted by molar-refractivity contribution is 6.30. The lowest BCUT2D eigenvalue weighted by Crippen LogP contribution is -2.35. The number of aryl methyl sites for hydroxylation is 1. The first kappa shape index (κ1) is 12.1. The second-order valence-electron chi connectivity index (χ2n) is 4.40. The van der Waals surface area contributed by atoms with E-state index >= 15 is 0 Å².